The molecule has 5 aliphatic rings. The molecule has 5 heterocycles. The molecule has 0 atom stereocenters. The van der Waals surface area contributed by atoms with Gasteiger partial charge in [0.05, 0.1) is 11.4 Å². The average Bonchev–Trinajstić information content (AvgIpc) is 2.92. The Balaban J connectivity index is 1.42. The smallest absolute Gasteiger partial charge is 0.256 e. The van der Waals surface area contributed by atoms with Crippen LogP contribution in [0.5, 0.6) is 23.0 Å². The minimum absolute atomic E-state index is 0.106. The standard InChI is InChI=1S/C30H15B2NO2S/c1-3-11-20-16(7-1)31-18-9-5-12-21-28(18)33-29-19(10-6-13-22(29)35-21)32-17-8-2-4-14-24(17)36-25-15-23(34-20)26(31)30(33)27(25)32/h1-15H. The molecule has 0 saturated carbocycles. The van der Waals surface area contributed by atoms with E-state index in [1.165, 1.54) is 59.6 Å². The molecule has 0 radical (unpaired) electrons. The first kappa shape index (κ1) is 18.3. The maximum Gasteiger partial charge on any atom is 0.256 e. The van der Waals surface area contributed by atoms with Crippen LogP contribution in [0.15, 0.2) is 101 Å². The van der Waals surface area contributed by atoms with Gasteiger partial charge in [-0.15, -0.1) is 0 Å². The zero-order valence-electron chi connectivity index (χ0n) is 19.0. The second-order valence-electron chi connectivity index (χ2n) is 10.0. The van der Waals surface area contributed by atoms with E-state index in [4.69, 9.17) is 9.47 Å². The molecule has 164 valence electrons. The van der Waals surface area contributed by atoms with Gasteiger partial charge in [0.1, 0.15) is 11.5 Å². The van der Waals surface area contributed by atoms with Crippen molar-refractivity contribution >= 4 is 75.0 Å². The number of nitrogens with zero attached hydrogens (tertiary/aromatic N) is 1. The first-order chi connectivity index (χ1) is 17.9. The Morgan fingerprint density at radius 1 is 0.500 bits per heavy atom. The Morgan fingerprint density at radius 2 is 1.11 bits per heavy atom. The van der Waals surface area contributed by atoms with Crippen molar-refractivity contribution in [2.45, 2.75) is 9.79 Å². The number of para-hydroxylation sites is 3. The molecule has 3 nitrogen and oxygen atoms in total. The van der Waals surface area contributed by atoms with Gasteiger partial charge in [0.2, 0.25) is 6.71 Å². The Labute approximate surface area is 212 Å². The Hall–Kier alpha value is -4.02. The van der Waals surface area contributed by atoms with Crippen LogP contribution in [0.1, 0.15) is 0 Å². The molecular formula is C30H15B2NO2S. The van der Waals surface area contributed by atoms with E-state index in [-0.39, 0.29) is 13.4 Å². The fraction of sp³-hybridized carbons (Fsp3) is 0. The topological polar surface area (TPSA) is 21.7 Å². The molecule has 6 heteroatoms. The summed E-state index contributed by atoms with van der Waals surface area (Å²) in [7, 11) is 0. The summed E-state index contributed by atoms with van der Waals surface area (Å²) in [6, 6.07) is 32.7. The van der Waals surface area contributed by atoms with Gasteiger partial charge in [-0.2, -0.15) is 0 Å². The predicted molar refractivity (Wildman–Crippen MR) is 148 cm³/mol. The van der Waals surface area contributed by atoms with Gasteiger partial charge in [0.25, 0.3) is 6.71 Å². The van der Waals surface area contributed by atoms with Crippen molar-refractivity contribution in [3.63, 3.8) is 0 Å². The molecule has 0 bridgehead atoms. The van der Waals surface area contributed by atoms with E-state index in [9.17, 15) is 0 Å². The SMILES string of the molecule is c1ccc2c(c1)Oc1cc3c4c5c1B2c1cccc2c1N5c1c(cccc1B4c1ccccc1S3)O2. The first-order valence-corrected chi connectivity index (χ1v) is 13.2. The van der Waals surface area contributed by atoms with E-state index in [0.717, 1.165) is 23.0 Å². The van der Waals surface area contributed by atoms with Gasteiger partial charge in [0, 0.05) is 15.5 Å². The van der Waals surface area contributed by atoms with Gasteiger partial charge < -0.3 is 14.4 Å². The summed E-state index contributed by atoms with van der Waals surface area (Å²) in [6.45, 7) is 0.270. The molecule has 5 aromatic rings. The third kappa shape index (κ3) is 1.94. The molecule has 0 aliphatic carbocycles. The third-order valence-electron chi connectivity index (χ3n) is 8.35. The normalized spacial score (nSPS) is 15.4. The van der Waals surface area contributed by atoms with E-state index < -0.39 is 0 Å². The number of rotatable bonds is 0. The molecule has 36 heavy (non-hydrogen) atoms. The molecular weight excluding hydrogens is 460 g/mol. The summed E-state index contributed by atoms with van der Waals surface area (Å²) < 4.78 is 13.3. The second-order valence-corrected chi connectivity index (χ2v) is 11.1. The summed E-state index contributed by atoms with van der Waals surface area (Å²) >= 11 is 1.87. The van der Waals surface area contributed by atoms with Crippen LogP contribution in [0.2, 0.25) is 0 Å². The van der Waals surface area contributed by atoms with Crippen molar-refractivity contribution in [2.75, 3.05) is 4.90 Å². The Bertz CT molecular complexity index is 1740. The third-order valence-corrected chi connectivity index (χ3v) is 9.50. The summed E-state index contributed by atoms with van der Waals surface area (Å²) in [6.07, 6.45) is 0. The molecule has 0 fully saturated rings. The van der Waals surface area contributed by atoms with Crippen LogP contribution in [0.3, 0.4) is 0 Å². The maximum absolute atomic E-state index is 6.66. The Kier molecular flexibility index (Phi) is 3.06. The minimum Gasteiger partial charge on any atom is -0.458 e. The zero-order chi connectivity index (χ0) is 23.1. The quantitative estimate of drug-likeness (QED) is 0.313. The molecule has 10 rings (SSSR count). The fourth-order valence-corrected chi connectivity index (χ4v) is 8.26. The fourth-order valence-electron chi connectivity index (χ4n) is 7.08. The van der Waals surface area contributed by atoms with Crippen molar-refractivity contribution in [3.8, 4) is 23.0 Å². The van der Waals surface area contributed by atoms with E-state index in [1.807, 2.05) is 11.8 Å². The van der Waals surface area contributed by atoms with Crippen LogP contribution in [0.4, 0.5) is 17.1 Å². The van der Waals surface area contributed by atoms with E-state index in [1.54, 1.807) is 0 Å². The van der Waals surface area contributed by atoms with Gasteiger partial charge in [-0.05, 0) is 57.6 Å². The second kappa shape index (κ2) is 6.03. The van der Waals surface area contributed by atoms with Crippen LogP contribution < -0.4 is 47.2 Å². The van der Waals surface area contributed by atoms with Crippen molar-refractivity contribution < 1.29 is 9.47 Å². The van der Waals surface area contributed by atoms with Gasteiger partial charge in [-0.3, -0.25) is 0 Å². The largest absolute Gasteiger partial charge is 0.458 e. The molecule has 5 aliphatic heterocycles. The molecule has 0 N–H and O–H groups in total. The van der Waals surface area contributed by atoms with Crippen LogP contribution in [0, 0.1) is 0 Å². The van der Waals surface area contributed by atoms with Crippen LogP contribution in [-0.4, -0.2) is 13.4 Å². The number of anilines is 3. The summed E-state index contributed by atoms with van der Waals surface area (Å²) in [5.41, 5.74) is 11.5. The lowest BCUT2D eigenvalue weighted by molar-refractivity contribution is 0.476. The number of hydrogen-bond donors (Lipinski definition) is 0. The lowest BCUT2D eigenvalue weighted by Crippen LogP contribution is -2.67. The number of hydrogen-bond acceptors (Lipinski definition) is 4. The van der Waals surface area contributed by atoms with Gasteiger partial charge in [0.15, 0.2) is 11.5 Å². The van der Waals surface area contributed by atoms with E-state index in [0.29, 0.717) is 0 Å². The molecule has 0 aromatic heterocycles. The van der Waals surface area contributed by atoms with Gasteiger partial charge in [-0.25, -0.2) is 0 Å². The van der Waals surface area contributed by atoms with E-state index >= 15 is 0 Å². The van der Waals surface area contributed by atoms with Gasteiger partial charge >= 0.3 is 0 Å². The van der Waals surface area contributed by atoms with Crippen molar-refractivity contribution in [2.24, 2.45) is 0 Å². The summed E-state index contributed by atoms with van der Waals surface area (Å²) in [5.74, 6) is 3.77. The number of fused-ring (bicyclic) bond motifs is 6. The molecule has 5 aromatic carbocycles. The maximum atomic E-state index is 6.66. The summed E-state index contributed by atoms with van der Waals surface area (Å²) in [4.78, 5) is 5.10. The van der Waals surface area contributed by atoms with Crippen molar-refractivity contribution in [1.29, 1.82) is 0 Å². The lowest BCUT2D eigenvalue weighted by atomic mass is 9.30. The average molecular weight is 475 g/mol. The summed E-state index contributed by atoms with van der Waals surface area (Å²) in [5, 5.41) is 0. The highest BCUT2D eigenvalue weighted by atomic mass is 32.2. The van der Waals surface area contributed by atoms with Gasteiger partial charge in [-0.1, -0.05) is 77.9 Å². The highest BCUT2D eigenvalue weighted by Gasteiger charge is 2.52. The monoisotopic (exact) mass is 475 g/mol. The van der Waals surface area contributed by atoms with Crippen LogP contribution in [-0.2, 0) is 0 Å². The Morgan fingerprint density at radius 3 is 1.92 bits per heavy atom. The van der Waals surface area contributed by atoms with Crippen LogP contribution in [0.25, 0.3) is 0 Å². The minimum atomic E-state index is 0.106. The number of benzene rings is 5. The molecule has 0 spiro atoms. The molecule has 0 saturated heterocycles. The lowest BCUT2D eigenvalue weighted by Gasteiger charge is -2.49. The highest BCUT2D eigenvalue weighted by Crippen LogP contribution is 2.54. The van der Waals surface area contributed by atoms with Crippen molar-refractivity contribution in [3.05, 3.63) is 91.0 Å². The molecule has 0 amide bonds. The van der Waals surface area contributed by atoms with E-state index in [2.05, 4.69) is 95.9 Å². The molecule has 0 unspecified atom stereocenters. The predicted octanol–water partition coefficient (Wildman–Crippen LogP) is 3.49. The highest BCUT2D eigenvalue weighted by molar-refractivity contribution is 8.00. The van der Waals surface area contributed by atoms with Crippen LogP contribution >= 0.6 is 11.8 Å². The number of ether oxygens (including phenoxy) is 2. The first-order valence-electron chi connectivity index (χ1n) is 12.3. The zero-order valence-corrected chi connectivity index (χ0v) is 19.8. The van der Waals surface area contributed by atoms with Crippen molar-refractivity contribution in [1.82, 2.24) is 0 Å².